The number of para-hydroxylation sites is 1. The maximum Gasteiger partial charge on any atom is 0.119 e. The van der Waals surface area contributed by atoms with E-state index in [2.05, 4.69) is 4.90 Å². The molecule has 2 rings (SSSR count). The zero-order valence-electron chi connectivity index (χ0n) is 10.2. The van der Waals surface area contributed by atoms with E-state index in [1.165, 1.54) is 19.3 Å². The highest BCUT2D eigenvalue weighted by molar-refractivity contribution is 5.20. The first-order valence-corrected chi connectivity index (χ1v) is 6.43. The molecule has 1 aromatic rings. The van der Waals surface area contributed by atoms with E-state index >= 15 is 0 Å². The van der Waals surface area contributed by atoms with Crippen LogP contribution in [0.5, 0.6) is 5.75 Å². The summed E-state index contributed by atoms with van der Waals surface area (Å²) in [7, 11) is 0. The van der Waals surface area contributed by atoms with E-state index in [4.69, 9.17) is 4.74 Å². The zero-order chi connectivity index (χ0) is 11.9. The SMILES string of the molecule is OCN1CCCCCC1COc1ccccc1. The van der Waals surface area contributed by atoms with E-state index in [-0.39, 0.29) is 6.73 Å². The Hall–Kier alpha value is -1.06. The predicted molar refractivity (Wildman–Crippen MR) is 68.0 cm³/mol. The minimum absolute atomic E-state index is 0.142. The third-order valence-electron chi connectivity index (χ3n) is 3.37. The Kier molecular flexibility index (Phi) is 4.83. The van der Waals surface area contributed by atoms with E-state index in [0.717, 1.165) is 18.7 Å². The molecule has 1 aliphatic rings. The van der Waals surface area contributed by atoms with Crippen molar-refractivity contribution in [1.82, 2.24) is 4.90 Å². The number of aliphatic hydroxyl groups is 1. The lowest BCUT2D eigenvalue weighted by Gasteiger charge is -2.27. The Labute approximate surface area is 103 Å². The predicted octanol–water partition coefficient (Wildman–Crippen LogP) is 2.26. The van der Waals surface area contributed by atoms with Crippen LogP contribution in [0.4, 0.5) is 0 Å². The molecule has 3 nitrogen and oxygen atoms in total. The Morgan fingerprint density at radius 2 is 2.00 bits per heavy atom. The fraction of sp³-hybridized carbons (Fsp3) is 0.571. The summed E-state index contributed by atoms with van der Waals surface area (Å²) in [5.74, 6) is 0.912. The number of hydrogen-bond acceptors (Lipinski definition) is 3. The van der Waals surface area contributed by atoms with Crippen LogP contribution in [0.25, 0.3) is 0 Å². The minimum atomic E-state index is 0.142. The van der Waals surface area contributed by atoms with E-state index < -0.39 is 0 Å². The Morgan fingerprint density at radius 1 is 1.18 bits per heavy atom. The average molecular weight is 235 g/mol. The van der Waals surface area contributed by atoms with Crippen LogP contribution in [-0.2, 0) is 0 Å². The Morgan fingerprint density at radius 3 is 2.76 bits per heavy atom. The first-order chi connectivity index (χ1) is 8.40. The molecule has 17 heavy (non-hydrogen) atoms. The molecule has 1 aromatic carbocycles. The first-order valence-electron chi connectivity index (χ1n) is 6.43. The molecule has 1 saturated heterocycles. The molecule has 1 aliphatic heterocycles. The van der Waals surface area contributed by atoms with Gasteiger partial charge in [-0.05, 0) is 25.0 Å². The summed E-state index contributed by atoms with van der Waals surface area (Å²) in [6.07, 6.45) is 4.80. The molecule has 1 heterocycles. The van der Waals surface area contributed by atoms with E-state index in [1.807, 2.05) is 30.3 Å². The van der Waals surface area contributed by atoms with Gasteiger partial charge in [-0.15, -0.1) is 0 Å². The van der Waals surface area contributed by atoms with Gasteiger partial charge in [0.25, 0.3) is 0 Å². The number of likely N-dealkylation sites (tertiary alicyclic amines) is 1. The molecule has 0 radical (unpaired) electrons. The van der Waals surface area contributed by atoms with Crippen LogP contribution < -0.4 is 4.74 Å². The monoisotopic (exact) mass is 235 g/mol. The van der Waals surface area contributed by atoms with Gasteiger partial charge in [0, 0.05) is 12.6 Å². The fourth-order valence-electron chi connectivity index (χ4n) is 2.32. The second-order valence-corrected chi connectivity index (χ2v) is 4.58. The van der Waals surface area contributed by atoms with Crippen LogP contribution >= 0.6 is 0 Å². The molecule has 3 heteroatoms. The van der Waals surface area contributed by atoms with Gasteiger partial charge in [0.1, 0.15) is 12.4 Å². The summed E-state index contributed by atoms with van der Waals surface area (Å²) in [5, 5.41) is 9.35. The Bertz CT molecular complexity index is 315. The summed E-state index contributed by atoms with van der Waals surface area (Å²) in [5.41, 5.74) is 0. The van der Waals surface area contributed by atoms with E-state index in [9.17, 15) is 5.11 Å². The minimum Gasteiger partial charge on any atom is -0.492 e. The summed E-state index contributed by atoms with van der Waals surface area (Å²) < 4.78 is 5.78. The molecule has 0 amide bonds. The van der Waals surface area contributed by atoms with Crippen molar-refractivity contribution in [3.63, 3.8) is 0 Å². The second kappa shape index (κ2) is 6.62. The largest absolute Gasteiger partial charge is 0.492 e. The molecule has 0 aliphatic carbocycles. The van der Waals surface area contributed by atoms with Crippen molar-refractivity contribution >= 4 is 0 Å². The van der Waals surface area contributed by atoms with Crippen LogP contribution in [0.15, 0.2) is 30.3 Å². The highest BCUT2D eigenvalue weighted by Crippen LogP contribution is 2.18. The van der Waals surface area contributed by atoms with E-state index in [1.54, 1.807) is 0 Å². The van der Waals surface area contributed by atoms with Gasteiger partial charge >= 0.3 is 0 Å². The molecule has 94 valence electrons. The lowest BCUT2D eigenvalue weighted by molar-refractivity contribution is 0.0477. The lowest BCUT2D eigenvalue weighted by Crippen LogP contribution is -2.39. The molecule has 0 bridgehead atoms. The third-order valence-corrected chi connectivity index (χ3v) is 3.37. The van der Waals surface area contributed by atoms with Crippen LogP contribution in [0.1, 0.15) is 25.7 Å². The second-order valence-electron chi connectivity index (χ2n) is 4.58. The summed E-state index contributed by atoms with van der Waals surface area (Å²) in [6.45, 7) is 1.80. The van der Waals surface area contributed by atoms with E-state index in [0.29, 0.717) is 12.6 Å². The number of ether oxygens (including phenoxy) is 1. The molecule has 1 N–H and O–H groups in total. The maximum absolute atomic E-state index is 9.35. The summed E-state index contributed by atoms with van der Waals surface area (Å²) in [4.78, 5) is 2.12. The summed E-state index contributed by atoms with van der Waals surface area (Å²) in [6, 6.07) is 10.2. The molecular weight excluding hydrogens is 214 g/mol. The third kappa shape index (κ3) is 3.72. The molecule has 0 saturated carbocycles. The average Bonchev–Trinajstić information content (AvgIpc) is 2.62. The van der Waals surface area contributed by atoms with Gasteiger partial charge in [0.15, 0.2) is 0 Å². The number of hydrogen-bond donors (Lipinski definition) is 1. The van der Waals surface area contributed by atoms with Gasteiger partial charge in [0.2, 0.25) is 0 Å². The van der Waals surface area contributed by atoms with Gasteiger partial charge in [-0.2, -0.15) is 0 Å². The van der Waals surface area contributed by atoms with Crippen LogP contribution in [0.2, 0.25) is 0 Å². The van der Waals surface area contributed by atoms with Gasteiger partial charge in [-0.25, -0.2) is 0 Å². The molecule has 1 atom stereocenters. The van der Waals surface area contributed by atoms with Crippen molar-refractivity contribution in [2.75, 3.05) is 19.9 Å². The fourth-order valence-corrected chi connectivity index (χ4v) is 2.32. The quantitative estimate of drug-likeness (QED) is 0.869. The molecule has 0 spiro atoms. The first kappa shape index (κ1) is 12.4. The number of nitrogens with zero attached hydrogens (tertiary/aromatic N) is 1. The van der Waals surface area contributed by atoms with Crippen LogP contribution in [0.3, 0.4) is 0 Å². The number of rotatable bonds is 4. The summed E-state index contributed by atoms with van der Waals surface area (Å²) >= 11 is 0. The standard InChI is InChI=1S/C14H21NO2/c16-12-15-10-6-2-3-7-13(15)11-17-14-8-4-1-5-9-14/h1,4-5,8-9,13,16H,2-3,6-7,10-12H2. The zero-order valence-corrected chi connectivity index (χ0v) is 10.2. The highest BCUT2D eigenvalue weighted by Gasteiger charge is 2.20. The van der Waals surface area contributed by atoms with Gasteiger partial charge in [0.05, 0.1) is 6.73 Å². The normalized spacial score (nSPS) is 22.1. The molecule has 1 unspecified atom stereocenters. The molecule has 1 fully saturated rings. The van der Waals surface area contributed by atoms with Crippen molar-refractivity contribution in [3.8, 4) is 5.75 Å². The van der Waals surface area contributed by atoms with Gasteiger partial charge < -0.3 is 9.84 Å². The van der Waals surface area contributed by atoms with Crippen molar-refractivity contribution in [2.45, 2.75) is 31.7 Å². The Balaban J connectivity index is 1.87. The topological polar surface area (TPSA) is 32.7 Å². The lowest BCUT2D eigenvalue weighted by atomic mass is 10.1. The van der Waals surface area contributed by atoms with Gasteiger partial charge in [-0.1, -0.05) is 31.0 Å². The molecule has 0 aromatic heterocycles. The van der Waals surface area contributed by atoms with Crippen molar-refractivity contribution in [3.05, 3.63) is 30.3 Å². The number of aliphatic hydroxyl groups excluding tert-OH is 1. The van der Waals surface area contributed by atoms with Crippen molar-refractivity contribution in [2.24, 2.45) is 0 Å². The van der Waals surface area contributed by atoms with Crippen molar-refractivity contribution in [1.29, 1.82) is 0 Å². The van der Waals surface area contributed by atoms with Crippen molar-refractivity contribution < 1.29 is 9.84 Å². The smallest absolute Gasteiger partial charge is 0.119 e. The highest BCUT2D eigenvalue weighted by atomic mass is 16.5. The number of benzene rings is 1. The molecular formula is C14H21NO2. The van der Waals surface area contributed by atoms with Crippen LogP contribution in [0, 0.1) is 0 Å². The maximum atomic E-state index is 9.35. The van der Waals surface area contributed by atoms with Crippen LogP contribution in [-0.4, -0.2) is 35.9 Å². The van der Waals surface area contributed by atoms with Gasteiger partial charge in [-0.3, -0.25) is 4.90 Å².